The maximum atomic E-state index is 13.2. The Kier molecular flexibility index (Phi) is 3.65. The van der Waals surface area contributed by atoms with Crippen LogP contribution < -0.4 is 0 Å². The highest BCUT2D eigenvalue weighted by atomic mass is 19.1. The predicted molar refractivity (Wildman–Crippen MR) is 67.9 cm³/mol. The summed E-state index contributed by atoms with van der Waals surface area (Å²) in [4.78, 5) is 14.5. The topological polar surface area (TPSA) is 42.1 Å². The summed E-state index contributed by atoms with van der Waals surface area (Å²) in [5.41, 5.74) is 1.82. The lowest BCUT2D eigenvalue weighted by Gasteiger charge is -2.09. The number of ether oxygens (including phenoxy) is 1. The van der Waals surface area contributed by atoms with E-state index < -0.39 is 0 Å². The van der Waals surface area contributed by atoms with Crippen LogP contribution in [0.15, 0.2) is 24.4 Å². The number of carbonyl (C=O) groups excluding carboxylic acids is 1. The Labute approximate surface area is 105 Å². The molecule has 0 aliphatic rings. The summed E-state index contributed by atoms with van der Waals surface area (Å²) in [6, 6.07) is 4.60. The van der Waals surface area contributed by atoms with E-state index in [1.807, 2.05) is 13.1 Å². The molecule has 0 aliphatic heterocycles. The van der Waals surface area contributed by atoms with E-state index in [2.05, 4.69) is 4.98 Å². The lowest BCUT2D eigenvalue weighted by atomic mass is 9.97. The zero-order valence-corrected chi connectivity index (χ0v) is 10.5. The second-order valence-electron chi connectivity index (χ2n) is 4.34. The van der Waals surface area contributed by atoms with Crippen LogP contribution in [0.4, 0.5) is 4.39 Å². The van der Waals surface area contributed by atoms with Crippen LogP contribution in [0.1, 0.15) is 31.7 Å². The number of aromatic nitrogens is 1. The Hall–Kier alpha value is -1.84. The van der Waals surface area contributed by atoms with Gasteiger partial charge in [-0.25, -0.2) is 4.39 Å². The second kappa shape index (κ2) is 5.21. The molecule has 4 heteroatoms. The largest absolute Gasteiger partial charge is 0.466 e. The molecule has 3 nitrogen and oxygen atoms in total. The van der Waals surface area contributed by atoms with Gasteiger partial charge >= 0.3 is 5.97 Å². The van der Waals surface area contributed by atoms with Crippen LogP contribution in [0.25, 0.3) is 10.9 Å². The van der Waals surface area contributed by atoms with Crippen LogP contribution in [0.5, 0.6) is 0 Å². The molecule has 1 atom stereocenters. The average Bonchev–Trinajstić information content (AvgIpc) is 2.71. The predicted octanol–water partition coefficient (Wildman–Crippen LogP) is 3.36. The average molecular weight is 249 g/mol. The number of benzene rings is 1. The molecule has 0 spiro atoms. The van der Waals surface area contributed by atoms with Crippen molar-refractivity contribution in [2.24, 2.45) is 0 Å². The number of carbonyl (C=O) groups is 1. The number of H-pyrrole nitrogens is 1. The summed E-state index contributed by atoms with van der Waals surface area (Å²) < 4.78 is 18.2. The minimum atomic E-state index is -0.272. The highest BCUT2D eigenvalue weighted by Gasteiger charge is 2.16. The molecule has 1 heterocycles. The van der Waals surface area contributed by atoms with Crippen molar-refractivity contribution in [1.29, 1.82) is 0 Å². The van der Waals surface area contributed by atoms with Gasteiger partial charge in [-0.05, 0) is 36.6 Å². The number of hydrogen-bond acceptors (Lipinski definition) is 2. The second-order valence-corrected chi connectivity index (χ2v) is 4.34. The number of nitrogens with one attached hydrogen (secondary N) is 1. The lowest BCUT2D eigenvalue weighted by molar-refractivity contribution is -0.143. The van der Waals surface area contributed by atoms with Crippen LogP contribution in [-0.2, 0) is 9.53 Å². The number of hydrogen-bond donors (Lipinski definition) is 1. The Morgan fingerprint density at radius 2 is 2.28 bits per heavy atom. The van der Waals surface area contributed by atoms with Gasteiger partial charge < -0.3 is 9.72 Å². The molecule has 1 unspecified atom stereocenters. The highest BCUT2D eigenvalue weighted by molar-refractivity contribution is 5.84. The van der Waals surface area contributed by atoms with Crippen LogP contribution in [0.2, 0.25) is 0 Å². The van der Waals surface area contributed by atoms with Crippen molar-refractivity contribution in [3.05, 3.63) is 35.8 Å². The number of esters is 1. The molecule has 0 fully saturated rings. The monoisotopic (exact) mass is 249 g/mol. The smallest absolute Gasteiger partial charge is 0.306 e. The summed E-state index contributed by atoms with van der Waals surface area (Å²) in [6.45, 7) is 4.10. The molecule has 18 heavy (non-hydrogen) atoms. The molecule has 0 saturated carbocycles. The molecule has 0 amide bonds. The molecule has 96 valence electrons. The van der Waals surface area contributed by atoms with Crippen LogP contribution in [0, 0.1) is 5.82 Å². The zero-order chi connectivity index (χ0) is 13.1. The molecule has 1 N–H and O–H groups in total. The van der Waals surface area contributed by atoms with Gasteiger partial charge in [0, 0.05) is 17.1 Å². The van der Waals surface area contributed by atoms with Gasteiger partial charge in [-0.3, -0.25) is 4.79 Å². The number of fused-ring (bicyclic) bond motifs is 1. The van der Waals surface area contributed by atoms with Gasteiger partial charge in [0.05, 0.1) is 13.0 Å². The fourth-order valence-electron chi connectivity index (χ4n) is 2.10. The van der Waals surface area contributed by atoms with E-state index in [-0.39, 0.29) is 17.7 Å². The minimum absolute atomic E-state index is 0.000370. The van der Waals surface area contributed by atoms with E-state index in [9.17, 15) is 9.18 Å². The number of halogens is 1. The first-order chi connectivity index (χ1) is 8.61. The molecule has 1 aromatic carbocycles. The molecular formula is C14H16FNO2. The highest BCUT2D eigenvalue weighted by Crippen LogP contribution is 2.28. The molecule has 2 rings (SSSR count). The summed E-state index contributed by atoms with van der Waals surface area (Å²) >= 11 is 0. The van der Waals surface area contributed by atoms with Crippen LogP contribution in [0.3, 0.4) is 0 Å². The first-order valence-corrected chi connectivity index (χ1v) is 6.04. The van der Waals surface area contributed by atoms with E-state index in [1.54, 1.807) is 13.0 Å². The summed E-state index contributed by atoms with van der Waals surface area (Å²) in [5, 5.41) is 0.826. The number of rotatable bonds is 4. The third kappa shape index (κ3) is 2.53. The van der Waals surface area contributed by atoms with Crippen molar-refractivity contribution in [3.8, 4) is 0 Å². The van der Waals surface area contributed by atoms with Gasteiger partial charge in [0.2, 0.25) is 0 Å². The van der Waals surface area contributed by atoms with Crippen molar-refractivity contribution in [2.45, 2.75) is 26.2 Å². The zero-order valence-electron chi connectivity index (χ0n) is 10.5. The van der Waals surface area contributed by atoms with E-state index in [0.29, 0.717) is 13.0 Å². The van der Waals surface area contributed by atoms with Crippen LogP contribution in [-0.4, -0.2) is 17.6 Å². The third-order valence-electron chi connectivity index (χ3n) is 2.98. The van der Waals surface area contributed by atoms with E-state index in [1.165, 1.54) is 12.1 Å². The number of aromatic amines is 1. The fourth-order valence-corrected chi connectivity index (χ4v) is 2.10. The fraction of sp³-hybridized carbons (Fsp3) is 0.357. The quantitative estimate of drug-likeness (QED) is 0.844. The van der Waals surface area contributed by atoms with Gasteiger partial charge in [-0.2, -0.15) is 0 Å². The SMILES string of the molecule is CCOC(=O)CC(C)c1c[nH]c2ccc(F)cc12. The maximum Gasteiger partial charge on any atom is 0.306 e. The van der Waals surface area contributed by atoms with E-state index in [4.69, 9.17) is 4.74 Å². The molecule has 2 aromatic rings. The summed E-state index contributed by atoms with van der Waals surface area (Å²) in [7, 11) is 0. The Balaban J connectivity index is 2.24. The van der Waals surface area contributed by atoms with Gasteiger partial charge in [0.1, 0.15) is 5.82 Å². The van der Waals surface area contributed by atoms with Crippen molar-refractivity contribution in [1.82, 2.24) is 4.98 Å². The van der Waals surface area contributed by atoms with Gasteiger partial charge in [0.25, 0.3) is 0 Å². The third-order valence-corrected chi connectivity index (χ3v) is 2.98. The van der Waals surface area contributed by atoms with Gasteiger partial charge in [-0.1, -0.05) is 6.92 Å². The van der Waals surface area contributed by atoms with Crippen molar-refractivity contribution in [2.75, 3.05) is 6.61 Å². The molecule has 0 saturated heterocycles. The van der Waals surface area contributed by atoms with Gasteiger partial charge in [0.15, 0.2) is 0 Å². The summed E-state index contributed by atoms with van der Waals surface area (Å²) in [6.07, 6.45) is 2.13. The Morgan fingerprint density at radius 3 is 3.00 bits per heavy atom. The van der Waals surface area contributed by atoms with Crippen molar-refractivity contribution >= 4 is 16.9 Å². The summed E-state index contributed by atoms with van der Waals surface area (Å²) in [5.74, 6) is -0.498. The molecule has 1 aromatic heterocycles. The van der Waals surface area contributed by atoms with Crippen molar-refractivity contribution < 1.29 is 13.9 Å². The first kappa shape index (κ1) is 12.6. The van der Waals surface area contributed by atoms with Crippen LogP contribution >= 0.6 is 0 Å². The molecular weight excluding hydrogens is 233 g/mol. The van der Waals surface area contributed by atoms with Crippen molar-refractivity contribution in [3.63, 3.8) is 0 Å². The first-order valence-electron chi connectivity index (χ1n) is 6.04. The molecule has 0 bridgehead atoms. The Morgan fingerprint density at radius 1 is 1.50 bits per heavy atom. The van der Waals surface area contributed by atoms with E-state index >= 15 is 0 Å². The minimum Gasteiger partial charge on any atom is -0.466 e. The maximum absolute atomic E-state index is 13.2. The standard InChI is InChI=1S/C14H16FNO2/c1-3-18-14(17)6-9(2)12-8-16-13-5-4-10(15)7-11(12)13/h4-5,7-9,16H,3,6H2,1-2H3. The Bertz CT molecular complexity index is 562. The molecule has 0 radical (unpaired) electrons. The normalized spacial score (nSPS) is 12.6. The van der Waals surface area contributed by atoms with Gasteiger partial charge in [-0.15, -0.1) is 0 Å². The van der Waals surface area contributed by atoms with E-state index in [0.717, 1.165) is 16.5 Å². The molecule has 0 aliphatic carbocycles. The lowest BCUT2D eigenvalue weighted by Crippen LogP contribution is -2.08.